The molecular formula is C19H23FN2O4S. The van der Waals surface area contributed by atoms with Crippen molar-refractivity contribution in [2.45, 2.75) is 24.9 Å². The highest BCUT2D eigenvalue weighted by Gasteiger charge is 2.68. The first-order valence-electron chi connectivity index (χ1n) is 8.88. The molecule has 0 bridgehead atoms. The molecule has 0 saturated carbocycles. The number of hydrogen-bond donors (Lipinski definition) is 1. The lowest BCUT2D eigenvalue weighted by molar-refractivity contribution is -0.156. The molecule has 6 nitrogen and oxygen atoms in total. The molecule has 2 saturated heterocycles. The molecule has 2 heterocycles. The minimum absolute atomic E-state index is 0.154. The first-order chi connectivity index (χ1) is 12.9. The number of nitrogens with one attached hydrogen (secondary N) is 1. The van der Waals surface area contributed by atoms with E-state index in [1.165, 1.54) is 24.9 Å². The molecule has 8 heteroatoms. The van der Waals surface area contributed by atoms with Crippen molar-refractivity contribution in [1.82, 2.24) is 10.2 Å². The number of ether oxygens (including phenoxy) is 1. The van der Waals surface area contributed by atoms with E-state index in [0.29, 0.717) is 12.2 Å². The fourth-order valence-corrected chi connectivity index (χ4v) is 4.71. The largest absolute Gasteiger partial charge is 0.465 e. The van der Waals surface area contributed by atoms with Gasteiger partial charge in [0.25, 0.3) is 0 Å². The van der Waals surface area contributed by atoms with Gasteiger partial charge in [0, 0.05) is 18.7 Å². The number of carbonyl (C=O) groups is 3. The van der Waals surface area contributed by atoms with Gasteiger partial charge in [0.05, 0.1) is 18.4 Å². The third kappa shape index (κ3) is 3.04. The predicted octanol–water partition coefficient (Wildman–Crippen LogP) is 1.76. The van der Waals surface area contributed by atoms with Gasteiger partial charge < -0.3 is 4.74 Å². The Morgan fingerprint density at radius 2 is 2.04 bits per heavy atom. The molecule has 146 valence electrons. The van der Waals surface area contributed by atoms with Crippen molar-refractivity contribution in [2.75, 3.05) is 25.7 Å². The van der Waals surface area contributed by atoms with E-state index in [1.807, 2.05) is 6.26 Å². The third-order valence-electron chi connectivity index (χ3n) is 5.46. The summed E-state index contributed by atoms with van der Waals surface area (Å²) in [5.74, 6) is -3.04. The lowest BCUT2D eigenvalue weighted by Gasteiger charge is -2.32. The Hall–Kier alpha value is -1.93. The Balaban J connectivity index is 2.14. The first kappa shape index (κ1) is 19.8. The summed E-state index contributed by atoms with van der Waals surface area (Å²) >= 11 is 1.53. The van der Waals surface area contributed by atoms with Crippen molar-refractivity contribution >= 4 is 29.5 Å². The van der Waals surface area contributed by atoms with Crippen LogP contribution in [0.4, 0.5) is 4.39 Å². The number of esters is 1. The maximum absolute atomic E-state index is 14.5. The van der Waals surface area contributed by atoms with E-state index in [1.54, 1.807) is 25.1 Å². The molecule has 4 atom stereocenters. The molecular weight excluding hydrogens is 371 g/mol. The van der Waals surface area contributed by atoms with Gasteiger partial charge in [-0.3, -0.25) is 24.6 Å². The van der Waals surface area contributed by atoms with E-state index in [4.69, 9.17) is 4.74 Å². The molecule has 0 aliphatic carbocycles. The molecule has 2 fully saturated rings. The van der Waals surface area contributed by atoms with E-state index in [2.05, 4.69) is 5.32 Å². The molecule has 0 aromatic heterocycles. The first-order valence-corrected chi connectivity index (χ1v) is 10.3. The summed E-state index contributed by atoms with van der Waals surface area (Å²) in [4.78, 5) is 39.7. The smallest absolute Gasteiger partial charge is 0.327 e. The molecule has 2 aliphatic heterocycles. The molecule has 1 aromatic rings. The van der Waals surface area contributed by atoms with Crippen LogP contribution in [0.2, 0.25) is 0 Å². The van der Waals surface area contributed by atoms with Gasteiger partial charge >= 0.3 is 5.97 Å². The van der Waals surface area contributed by atoms with Crippen molar-refractivity contribution in [3.8, 4) is 0 Å². The van der Waals surface area contributed by atoms with Gasteiger partial charge in [-0.1, -0.05) is 18.2 Å². The van der Waals surface area contributed by atoms with E-state index < -0.39 is 47.0 Å². The SMILES string of the molecule is CCOC(=O)[C@]1(CCSC)N[C@H](c2ccccc2F)[C@@H]2C(=O)N(C)C(=O)[C@@H]21. The number of rotatable bonds is 6. The molecule has 27 heavy (non-hydrogen) atoms. The number of benzene rings is 1. The molecule has 3 rings (SSSR count). The van der Waals surface area contributed by atoms with Crippen molar-refractivity contribution in [2.24, 2.45) is 11.8 Å². The number of imide groups is 1. The normalized spacial score (nSPS) is 29.9. The van der Waals surface area contributed by atoms with Crippen molar-refractivity contribution in [1.29, 1.82) is 0 Å². The van der Waals surface area contributed by atoms with E-state index in [-0.39, 0.29) is 12.2 Å². The van der Waals surface area contributed by atoms with Gasteiger partial charge in [-0.05, 0) is 31.4 Å². The number of halogens is 1. The Morgan fingerprint density at radius 1 is 1.33 bits per heavy atom. The molecule has 2 amide bonds. The van der Waals surface area contributed by atoms with E-state index in [9.17, 15) is 18.8 Å². The quantitative estimate of drug-likeness (QED) is 0.585. The second kappa shape index (κ2) is 7.59. The molecule has 0 radical (unpaired) electrons. The average molecular weight is 394 g/mol. The summed E-state index contributed by atoms with van der Waals surface area (Å²) in [5, 5.41) is 3.17. The van der Waals surface area contributed by atoms with Crippen molar-refractivity contribution < 1.29 is 23.5 Å². The zero-order valence-electron chi connectivity index (χ0n) is 15.5. The second-order valence-corrected chi connectivity index (χ2v) is 7.80. The molecule has 1 N–H and O–H groups in total. The highest BCUT2D eigenvalue weighted by Crippen LogP contribution is 2.50. The van der Waals surface area contributed by atoms with Gasteiger partial charge in [0.2, 0.25) is 11.8 Å². The lowest BCUT2D eigenvalue weighted by Crippen LogP contribution is -2.56. The van der Waals surface area contributed by atoms with Crippen LogP contribution < -0.4 is 5.32 Å². The van der Waals surface area contributed by atoms with Crippen LogP contribution in [0.25, 0.3) is 0 Å². The maximum Gasteiger partial charge on any atom is 0.327 e. The number of fused-ring (bicyclic) bond motifs is 1. The monoisotopic (exact) mass is 394 g/mol. The van der Waals surface area contributed by atoms with E-state index in [0.717, 1.165) is 4.90 Å². The van der Waals surface area contributed by atoms with Crippen LogP contribution in [0.3, 0.4) is 0 Å². The molecule has 0 spiro atoms. The van der Waals surface area contributed by atoms with Crippen LogP contribution in [0.15, 0.2) is 24.3 Å². The molecule has 1 aromatic carbocycles. The Bertz CT molecular complexity index is 774. The summed E-state index contributed by atoms with van der Waals surface area (Å²) in [5.41, 5.74) is -1.08. The number of carbonyl (C=O) groups excluding carboxylic acids is 3. The number of thioether (sulfide) groups is 1. The van der Waals surface area contributed by atoms with Gasteiger partial charge in [-0.2, -0.15) is 11.8 Å². The average Bonchev–Trinajstić information content (AvgIpc) is 3.11. The van der Waals surface area contributed by atoms with Crippen LogP contribution >= 0.6 is 11.8 Å². The Morgan fingerprint density at radius 3 is 2.67 bits per heavy atom. The van der Waals surface area contributed by atoms with Crippen LogP contribution in [0.1, 0.15) is 24.9 Å². The number of hydrogen-bond acceptors (Lipinski definition) is 6. The van der Waals surface area contributed by atoms with Crippen LogP contribution in [-0.2, 0) is 19.1 Å². The highest BCUT2D eigenvalue weighted by molar-refractivity contribution is 7.98. The van der Waals surface area contributed by atoms with E-state index >= 15 is 0 Å². The van der Waals surface area contributed by atoms with Gasteiger partial charge in [0.1, 0.15) is 11.4 Å². The van der Waals surface area contributed by atoms with Gasteiger partial charge in [-0.15, -0.1) is 0 Å². The minimum Gasteiger partial charge on any atom is -0.465 e. The Kier molecular flexibility index (Phi) is 5.58. The zero-order valence-corrected chi connectivity index (χ0v) is 16.3. The Labute approximate surface area is 161 Å². The fraction of sp³-hybridized carbons (Fsp3) is 0.526. The fourth-order valence-electron chi connectivity index (χ4n) is 4.18. The second-order valence-electron chi connectivity index (χ2n) is 6.82. The van der Waals surface area contributed by atoms with Crippen LogP contribution in [-0.4, -0.2) is 53.9 Å². The highest BCUT2D eigenvalue weighted by atomic mass is 32.2. The maximum atomic E-state index is 14.5. The summed E-state index contributed by atoms with van der Waals surface area (Å²) < 4.78 is 19.8. The third-order valence-corrected chi connectivity index (χ3v) is 6.07. The van der Waals surface area contributed by atoms with Crippen molar-refractivity contribution in [3.05, 3.63) is 35.6 Å². The summed E-state index contributed by atoms with van der Waals surface area (Å²) in [6.45, 7) is 1.84. The number of nitrogens with zero attached hydrogens (tertiary/aromatic N) is 1. The van der Waals surface area contributed by atoms with Gasteiger partial charge in [0.15, 0.2) is 0 Å². The van der Waals surface area contributed by atoms with Crippen molar-refractivity contribution in [3.63, 3.8) is 0 Å². The summed E-state index contributed by atoms with van der Waals surface area (Å²) in [6.07, 6.45) is 2.21. The van der Waals surface area contributed by atoms with Crippen LogP contribution in [0, 0.1) is 17.7 Å². The van der Waals surface area contributed by atoms with Crippen LogP contribution in [0.5, 0.6) is 0 Å². The predicted molar refractivity (Wildman–Crippen MR) is 99.4 cm³/mol. The lowest BCUT2D eigenvalue weighted by atomic mass is 9.77. The summed E-state index contributed by atoms with van der Waals surface area (Å²) in [6, 6.07) is 5.35. The topological polar surface area (TPSA) is 75.7 Å². The number of amides is 2. The van der Waals surface area contributed by atoms with Gasteiger partial charge in [-0.25, -0.2) is 4.39 Å². The summed E-state index contributed by atoms with van der Waals surface area (Å²) in [7, 11) is 1.41. The zero-order chi connectivity index (χ0) is 19.8. The standard InChI is InChI=1S/C19H23FN2O4S/c1-4-26-18(25)19(9-10-27-3)14-13(16(23)22(2)17(14)24)15(21-19)11-7-5-6-8-12(11)20/h5-8,13-15,21H,4,9-10H2,1-3H3/t13-,14-,15-,19-/m1/s1. The molecule has 2 aliphatic rings. The minimum atomic E-state index is -1.35. The number of likely N-dealkylation sites (tertiary alicyclic amines) is 1. The molecule has 0 unspecified atom stereocenters.